The Morgan fingerprint density at radius 3 is 2.63 bits per heavy atom. The Kier molecular flexibility index (Phi) is 4.40. The zero-order chi connectivity index (χ0) is 19.0. The van der Waals surface area contributed by atoms with E-state index in [9.17, 15) is 12.8 Å². The Morgan fingerprint density at radius 2 is 1.93 bits per heavy atom. The molecule has 0 spiro atoms. The van der Waals surface area contributed by atoms with E-state index in [1.54, 1.807) is 6.07 Å². The number of nitrogens with zero attached hydrogens (tertiary/aromatic N) is 4. The van der Waals surface area contributed by atoms with Crippen molar-refractivity contribution in [3.8, 4) is 11.4 Å². The van der Waals surface area contributed by atoms with Gasteiger partial charge in [0.05, 0.1) is 22.8 Å². The Bertz CT molecular complexity index is 1070. The third kappa shape index (κ3) is 3.31. The number of pyridine rings is 1. The minimum absolute atomic E-state index is 0.327. The molecular formula is C18H18FN5O2S. The Morgan fingerprint density at radius 1 is 1.19 bits per heavy atom. The molecular weight excluding hydrogens is 369 g/mol. The lowest BCUT2D eigenvalue weighted by atomic mass is 10.2. The number of imidazole rings is 1. The van der Waals surface area contributed by atoms with E-state index in [0.29, 0.717) is 43.4 Å². The van der Waals surface area contributed by atoms with Crippen LogP contribution in [0, 0.1) is 5.82 Å². The van der Waals surface area contributed by atoms with E-state index in [-0.39, 0.29) is 0 Å². The summed E-state index contributed by atoms with van der Waals surface area (Å²) in [5, 5.41) is 0.957. The highest BCUT2D eigenvalue weighted by molar-refractivity contribution is 7.92. The number of hydrogen-bond donors (Lipinski definition) is 1. The number of sulfonamides is 1. The molecule has 0 amide bonds. The summed E-state index contributed by atoms with van der Waals surface area (Å²) in [6.45, 7) is 4.93. The van der Waals surface area contributed by atoms with Crippen LogP contribution in [-0.4, -0.2) is 53.9 Å². The van der Waals surface area contributed by atoms with Gasteiger partial charge in [-0.1, -0.05) is 18.7 Å². The third-order valence-corrected chi connectivity index (χ3v) is 6.12. The molecule has 1 saturated heterocycles. The van der Waals surface area contributed by atoms with E-state index >= 15 is 0 Å². The monoisotopic (exact) mass is 387 g/mol. The van der Waals surface area contributed by atoms with Gasteiger partial charge in [0, 0.05) is 31.6 Å². The number of hydrogen-bond acceptors (Lipinski definition) is 5. The number of para-hydroxylation sites is 2. The third-order valence-electron chi connectivity index (χ3n) is 4.62. The number of aromatic amines is 1. The summed E-state index contributed by atoms with van der Waals surface area (Å²) in [5.74, 6) is 0.554. The second kappa shape index (κ2) is 6.75. The molecule has 0 unspecified atom stereocenters. The van der Waals surface area contributed by atoms with Crippen LogP contribution in [0.25, 0.3) is 22.4 Å². The molecule has 2 aromatic heterocycles. The molecule has 27 heavy (non-hydrogen) atoms. The van der Waals surface area contributed by atoms with Crippen molar-refractivity contribution < 1.29 is 12.8 Å². The molecule has 0 atom stereocenters. The van der Waals surface area contributed by atoms with Gasteiger partial charge in [-0.05, 0) is 18.2 Å². The van der Waals surface area contributed by atoms with Crippen molar-refractivity contribution in [1.29, 1.82) is 0 Å². The standard InChI is InChI=1S/C18H18FN5O2S/c1-2-27(25,26)24-9-7-23(8-10-24)17-11-13(14(19)12-20-17)18-21-15-5-3-4-6-16(15)22-18/h2-6,11-12H,1,7-10H2,(H,21,22). The summed E-state index contributed by atoms with van der Waals surface area (Å²) in [6.07, 6.45) is 1.17. The number of fused-ring (bicyclic) bond motifs is 1. The fraction of sp³-hybridized carbons (Fsp3) is 0.222. The summed E-state index contributed by atoms with van der Waals surface area (Å²) in [5.41, 5.74) is 1.92. The van der Waals surface area contributed by atoms with Crippen molar-refractivity contribution in [1.82, 2.24) is 19.3 Å². The van der Waals surface area contributed by atoms with Gasteiger partial charge in [0.1, 0.15) is 11.6 Å². The zero-order valence-corrected chi connectivity index (χ0v) is 15.3. The number of anilines is 1. The van der Waals surface area contributed by atoms with Crippen molar-refractivity contribution in [2.24, 2.45) is 0 Å². The smallest absolute Gasteiger partial charge is 0.235 e. The SMILES string of the molecule is C=CS(=O)(=O)N1CCN(c2cc(-c3nc4ccccc4[nH]3)c(F)cn2)CC1. The number of H-pyrrole nitrogens is 1. The average Bonchev–Trinajstić information content (AvgIpc) is 3.12. The van der Waals surface area contributed by atoms with Gasteiger partial charge < -0.3 is 9.88 Å². The second-order valence-electron chi connectivity index (χ2n) is 6.22. The molecule has 3 aromatic rings. The number of nitrogens with one attached hydrogen (secondary N) is 1. The molecule has 0 radical (unpaired) electrons. The minimum Gasteiger partial charge on any atom is -0.354 e. The van der Waals surface area contributed by atoms with Crippen molar-refractivity contribution >= 4 is 26.9 Å². The maximum Gasteiger partial charge on any atom is 0.235 e. The van der Waals surface area contributed by atoms with Gasteiger partial charge >= 0.3 is 0 Å². The van der Waals surface area contributed by atoms with E-state index < -0.39 is 15.8 Å². The van der Waals surface area contributed by atoms with E-state index in [2.05, 4.69) is 21.5 Å². The van der Waals surface area contributed by atoms with Gasteiger partial charge in [-0.3, -0.25) is 0 Å². The summed E-state index contributed by atoms with van der Waals surface area (Å²) < 4.78 is 39.5. The summed E-state index contributed by atoms with van der Waals surface area (Å²) in [7, 11) is -3.42. The molecule has 4 rings (SSSR count). The molecule has 0 saturated carbocycles. The minimum atomic E-state index is -3.42. The fourth-order valence-electron chi connectivity index (χ4n) is 3.14. The summed E-state index contributed by atoms with van der Waals surface area (Å²) in [4.78, 5) is 13.7. The number of benzene rings is 1. The highest BCUT2D eigenvalue weighted by atomic mass is 32.2. The van der Waals surface area contributed by atoms with E-state index in [0.717, 1.165) is 16.4 Å². The molecule has 1 aliphatic heterocycles. The Hall–Kier alpha value is -2.78. The first-order chi connectivity index (χ1) is 13.0. The normalized spacial score (nSPS) is 16.0. The van der Waals surface area contributed by atoms with Crippen LogP contribution in [0.15, 0.2) is 48.5 Å². The van der Waals surface area contributed by atoms with Gasteiger partial charge in [0.2, 0.25) is 10.0 Å². The number of rotatable bonds is 4. The second-order valence-corrected chi connectivity index (χ2v) is 8.10. The fourth-order valence-corrected chi connectivity index (χ4v) is 4.02. The molecule has 140 valence electrons. The number of aromatic nitrogens is 3. The van der Waals surface area contributed by atoms with Gasteiger partial charge in [-0.15, -0.1) is 0 Å². The van der Waals surface area contributed by atoms with Crippen molar-refractivity contribution in [3.63, 3.8) is 0 Å². The molecule has 1 fully saturated rings. The molecule has 1 N–H and O–H groups in total. The molecule has 1 aliphatic rings. The predicted molar refractivity (Wildman–Crippen MR) is 102 cm³/mol. The lowest BCUT2D eigenvalue weighted by molar-refractivity contribution is 0.388. The van der Waals surface area contributed by atoms with Crippen LogP contribution in [0.4, 0.5) is 10.2 Å². The first-order valence-electron chi connectivity index (χ1n) is 8.46. The lowest BCUT2D eigenvalue weighted by Gasteiger charge is -2.34. The van der Waals surface area contributed by atoms with Gasteiger partial charge in [0.25, 0.3) is 0 Å². The van der Waals surface area contributed by atoms with E-state index in [1.807, 2.05) is 29.2 Å². The zero-order valence-electron chi connectivity index (χ0n) is 14.5. The summed E-state index contributed by atoms with van der Waals surface area (Å²) >= 11 is 0. The van der Waals surface area contributed by atoms with Crippen LogP contribution in [-0.2, 0) is 10.0 Å². The molecule has 9 heteroatoms. The maximum absolute atomic E-state index is 14.4. The summed E-state index contributed by atoms with van der Waals surface area (Å²) in [6, 6.07) is 9.14. The van der Waals surface area contributed by atoms with Crippen LogP contribution in [0.3, 0.4) is 0 Å². The predicted octanol–water partition coefficient (Wildman–Crippen LogP) is 2.36. The Labute approximate surface area is 156 Å². The van der Waals surface area contributed by atoms with Crippen molar-refractivity contribution in [2.75, 3.05) is 31.1 Å². The highest BCUT2D eigenvalue weighted by Gasteiger charge is 2.26. The van der Waals surface area contributed by atoms with Crippen LogP contribution < -0.4 is 4.90 Å². The first-order valence-corrected chi connectivity index (χ1v) is 9.96. The lowest BCUT2D eigenvalue weighted by Crippen LogP contribution is -2.48. The average molecular weight is 387 g/mol. The number of piperazine rings is 1. The molecule has 0 aliphatic carbocycles. The molecule has 1 aromatic carbocycles. The molecule has 0 bridgehead atoms. The quantitative estimate of drug-likeness (QED) is 0.743. The van der Waals surface area contributed by atoms with Crippen LogP contribution in [0.5, 0.6) is 0 Å². The first kappa shape index (κ1) is 17.6. The maximum atomic E-state index is 14.4. The van der Waals surface area contributed by atoms with Gasteiger partial charge in [0.15, 0.2) is 5.82 Å². The van der Waals surface area contributed by atoms with Crippen LogP contribution in [0.1, 0.15) is 0 Å². The highest BCUT2D eigenvalue weighted by Crippen LogP contribution is 2.26. The largest absolute Gasteiger partial charge is 0.354 e. The van der Waals surface area contributed by atoms with Crippen molar-refractivity contribution in [3.05, 3.63) is 54.3 Å². The van der Waals surface area contributed by atoms with E-state index in [1.165, 1.54) is 10.5 Å². The topological polar surface area (TPSA) is 82.2 Å². The molecule has 3 heterocycles. The molecule has 7 nitrogen and oxygen atoms in total. The van der Waals surface area contributed by atoms with Crippen LogP contribution in [0.2, 0.25) is 0 Å². The number of halogens is 1. The Balaban J connectivity index is 1.61. The van der Waals surface area contributed by atoms with Crippen LogP contribution >= 0.6 is 0 Å². The van der Waals surface area contributed by atoms with Gasteiger partial charge in [-0.2, -0.15) is 4.31 Å². The van der Waals surface area contributed by atoms with Crippen molar-refractivity contribution in [2.45, 2.75) is 0 Å². The van der Waals surface area contributed by atoms with E-state index in [4.69, 9.17) is 0 Å². The van der Waals surface area contributed by atoms with Gasteiger partial charge in [-0.25, -0.2) is 22.8 Å².